The molecule has 0 bridgehead atoms. The van der Waals surface area contributed by atoms with Gasteiger partial charge in [0.2, 0.25) is 5.91 Å². The van der Waals surface area contributed by atoms with Gasteiger partial charge in [-0.3, -0.25) is 9.69 Å². The minimum atomic E-state index is -0.187. The summed E-state index contributed by atoms with van der Waals surface area (Å²) in [6.07, 6.45) is 2.99. The van der Waals surface area contributed by atoms with E-state index in [-0.39, 0.29) is 17.8 Å². The second kappa shape index (κ2) is 9.14. The number of nitrogens with zero attached hydrogens (tertiary/aromatic N) is 2. The third-order valence-corrected chi connectivity index (χ3v) is 5.66. The molecule has 27 heavy (non-hydrogen) atoms. The van der Waals surface area contributed by atoms with Crippen LogP contribution < -0.4 is 0 Å². The van der Waals surface area contributed by atoms with E-state index in [2.05, 4.69) is 17.0 Å². The summed E-state index contributed by atoms with van der Waals surface area (Å²) in [4.78, 5) is 17.0. The van der Waals surface area contributed by atoms with Gasteiger partial charge in [0.05, 0.1) is 6.04 Å². The molecule has 1 aliphatic heterocycles. The summed E-state index contributed by atoms with van der Waals surface area (Å²) in [7, 11) is 2.01. The van der Waals surface area contributed by atoms with E-state index in [1.54, 1.807) is 0 Å². The van der Waals surface area contributed by atoms with E-state index in [4.69, 9.17) is 0 Å². The molecule has 1 heterocycles. The Kier molecular flexibility index (Phi) is 6.62. The molecule has 4 heteroatoms. The Labute approximate surface area is 161 Å². The van der Waals surface area contributed by atoms with Crippen molar-refractivity contribution >= 4 is 5.91 Å². The van der Waals surface area contributed by atoms with Gasteiger partial charge in [0.1, 0.15) is 5.82 Å². The highest BCUT2D eigenvalue weighted by Gasteiger charge is 2.28. The van der Waals surface area contributed by atoms with Crippen LogP contribution in [0.1, 0.15) is 30.9 Å². The lowest BCUT2D eigenvalue weighted by Gasteiger charge is -2.35. The van der Waals surface area contributed by atoms with Crippen LogP contribution in [0.4, 0.5) is 4.39 Å². The first-order valence-corrected chi connectivity index (χ1v) is 9.80. The number of likely N-dealkylation sites (tertiary alicyclic amines) is 1. The fraction of sp³-hybridized carbons (Fsp3) is 0.435. The van der Waals surface area contributed by atoms with E-state index in [9.17, 15) is 9.18 Å². The van der Waals surface area contributed by atoms with E-state index in [1.807, 2.05) is 49.2 Å². The van der Waals surface area contributed by atoms with E-state index in [0.717, 1.165) is 38.9 Å². The zero-order chi connectivity index (χ0) is 19.2. The number of carbonyl (C=O) groups is 1. The van der Waals surface area contributed by atoms with Crippen molar-refractivity contribution in [3.63, 3.8) is 0 Å². The van der Waals surface area contributed by atoms with Crippen LogP contribution in [0, 0.1) is 11.7 Å². The number of likely N-dealkylation sites (N-methyl/N-ethyl adjacent to an activating group) is 1. The average Bonchev–Trinajstić information content (AvgIpc) is 2.70. The number of rotatable bonds is 6. The highest BCUT2D eigenvalue weighted by Crippen LogP contribution is 2.23. The van der Waals surface area contributed by atoms with Gasteiger partial charge in [0.15, 0.2) is 0 Å². The van der Waals surface area contributed by atoms with Gasteiger partial charge in [-0.2, -0.15) is 0 Å². The lowest BCUT2D eigenvalue weighted by atomic mass is 9.90. The molecule has 0 aromatic heterocycles. The second-order valence-corrected chi connectivity index (χ2v) is 7.68. The lowest BCUT2D eigenvalue weighted by Crippen LogP contribution is -2.48. The molecule has 1 amide bonds. The number of amides is 1. The second-order valence-electron chi connectivity index (χ2n) is 7.68. The minimum absolute atomic E-state index is 0.126. The number of hydrogen-bond acceptors (Lipinski definition) is 2. The van der Waals surface area contributed by atoms with Gasteiger partial charge in [-0.25, -0.2) is 4.39 Å². The minimum Gasteiger partial charge on any atom is -0.341 e. The maximum Gasteiger partial charge on any atom is 0.239 e. The Hall–Kier alpha value is -2.20. The SMILES string of the molecule is C[C@@H](C(=O)N1CCC(Cc2ccc(F)cc2)CC1)N(C)Cc1ccccc1. The number of hydrogen-bond donors (Lipinski definition) is 0. The van der Waals surface area contributed by atoms with Crippen molar-refractivity contribution in [1.82, 2.24) is 9.80 Å². The van der Waals surface area contributed by atoms with Crippen LogP contribution in [0.5, 0.6) is 0 Å². The van der Waals surface area contributed by atoms with Crippen molar-refractivity contribution in [2.75, 3.05) is 20.1 Å². The first kappa shape index (κ1) is 19.6. The summed E-state index contributed by atoms with van der Waals surface area (Å²) in [5.74, 6) is 0.596. The number of carbonyl (C=O) groups excluding carboxylic acids is 1. The maximum absolute atomic E-state index is 13.0. The molecule has 1 fully saturated rings. The van der Waals surface area contributed by atoms with Crippen LogP contribution in [0.25, 0.3) is 0 Å². The highest BCUT2D eigenvalue weighted by atomic mass is 19.1. The molecule has 1 aliphatic rings. The summed E-state index contributed by atoms with van der Waals surface area (Å²) in [5, 5.41) is 0. The fourth-order valence-electron chi connectivity index (χ4n) is 3.77. The Bertz CT molecular complexity index is 724. The van der Waals surface area contributed by atoms with Gasteiger partial charge >= 0.3 is 0 Å². The smallest absolute Gasteiger partial charge is 0.239 e. The van der Waals surface area contributed by atoms with Crippen molar-refractivity contribution in [1.29, 1.82) is 0 Å². The molecular weight excluding hydrogens is 339 g/mol. The molecule has 2 aromatic carbocycles. The Morgan fingerprint density at radius 1 is 1.07 bits per heavy atom. The van der Waals surface area contributed by atoms with Gasteiger partial charge in [-0.1, -0.05) is 42.5 Å². The van der Waals surface area contributed by atoms with Crippen molar-refractivity contribution in [2.45, 2.75) is 38.8 Å². The van der Waals surface area contributed by atoms with Crippen LogP contribution in [0.3, 0.4) is 0 Å². The third kappa shape index (κ3) is 5.39. The Morgan fingerprint density at radius 3 is 2.33 bits per heavy atom. The van der Waals surface area contributed by atoms with Gasteiger partial charge in [-0.15, -0.1) is 0 Å². The molecule has 3 nitrogen and oxygen atoms in total. The lowest BCUT2D eigenvalue weighted by molar-refractivity contribution is -0.137. The van der Waals surface area contributed by atoms with Crippen molar-refractivity contribution in [2.24, 2.45) is 5.92 Å². The zero-order valence-electron chi connectivity index (χ0n) is 16.3. The van der Waals surface area contributed by atoms with Gasteiger partial charge in [-0.05, 0) is 62.4 Å². The highest BCUT2D eigenvalue weighted by molar-refractivity contribution is 5.81. The number of benzene rings is 2. The predicted octanol–water partition coefficient (Wildman–Crippen LogP) is 4.13. The topological polar surface area (TPSA) is 23.6 Å². The Morgan fingerprint density at radius 2 is 1.70 bits per heavy atom. The molecule has 1 atom stereocenters. The predicted molar refractivity (Wildman–Crippen MR) is 107 cm³/mol. The molecule has 144 valence electrons. The average molecular weight is 368 g/mol. The maximum atomic E-state index is 13.0. The summed E-state index contributed by atoms with van der Waals surface area (Å²) in [6, 6.07) is 16.9. The van der Waals surface area contributed by atoms with Gasteiger partial charge in [0, 0.05) is 19.6 Å². The first-order chi connectivity index (χ1) is 13.0. The Balaban J connectivity index is 1.48. The van der Waals surface area contributed by atoms with Crippen molar-refractivity contribution < 1.29 is 9.18 Å². The molecule has 1 saturated heterocycles. The van der Waals surface area contributed by atoms with Crippen LogP contribution in [-0.4, -0.2) is 41.9 Å². The number of piperidine rings is 1. The standard InChI is InChI=1S/C23H29FN2O/c1-18(25(2)17-21-6-4-3-5-7-21)23(27)26-14-12-20(13-15-26)16-19-8-10-22(24)11-9-19/h3-11,18,20H,12-17H2,1-2H3/t18-/m0/s1. The first-order valence-electron chi connectivity index (χ1n) is 9.80. The molecule has 0 aliphatic carbocycles. The zero-order valence-corrected chi connectivity index (χ0v) is 16.3. The molecule has 2 aromatic rings. The molecule has 0 N–H and O–H groups in total. The summed E-state index contributed by atoms with van der Waals surface area (Å²) in [5.41, 5.74) is 2.40. The van der Waals surface area contributed by atoms with Crippen LogP contribution in [-0.2, 0) is 17.8 Å². The molecule has 0 radical (unpaired) electrons. The molecular formula is C23H29FN2O. The third-order valence-electron chi connectivity index (χ3n) is 5.66. The summed E-state index contributed by atoms with van der Waals surface area (Å²) < 4.78 is 13.0. The monoisotopic (exact) mass is 368 g/mol. The largest absolute Gasteiger partial charge is 0.341 e. The van der Waals surface area contributed by atoms with Crippen LogP contribution in [0.2, 0.25) is 0 Å². The van der Waals surface area contributed by atoms with Gasteiger partial charge < -0.3 is 4.90 Å². The number of halogens is 1. The summed E-state index contributed by atoms with van der Waals surface area (Å²) >= 11 is 0. The molecule has 0 saturated carbocycles. The van der Waals surface area contributed by atoms with E-state index in [1.165, 1.54) is 23.3 Å². The van der Waals surface area contributed by atoms with Gasteiger partial charge in [0.25, 0.3) is 0 Å². The molecule has 0 unspecified atom stereocenters. The van der Waals surface area contributed by atoms with Crippen molar-refractivity contribution in [3.8, 4) is 0 Å². The van der Waals surface area contributed by atoms with Crippen molar-refractivity contribution in [3.05, 3.63) is 71.5 Å². The van der Waals surface area contributed by atoms with Crippen LogP contribution in [0.15, 0.2) is 54.6 Å². The molecule has 3 rings (SSSR count). The molecule has 0 spiro atoms. The normalized spacial score (nSPS) is 16.5. The van der Waals surface area contributed by atoms with E-state index < -0.39 is 0 Å². The summed E-state index contributed by atoms with van der Waals surface area (Å²) in [6.45, 7) is 4.40. The fourth-order valence-corrected chi connectivity index (χ4v) is 3.77. The van der Waals surface area contributed by atoms with E-state index in [0.29, 0.717) is 5.92 Å². The quantitative estimate of drug-likeness (QED) is 0.765. The van der Waals surface area contributed by atoms with Crippen LogP contribution >= 0.6 is 0 Å². The van der Waals surface area contributed by atoms with E-state index >= 15 is 0 Å².